The third-order valence-electron chi connectivity index (χ3n) is 2.74. The zero-order chi connectivity index (χ0) is 9.73. The van der Waals surface area contributed by atoms with Crippen LogP contribution in [0.15, 0.2) is 0 Å². The molecular formula is C11H20N2. The van der Waals surface area contributed by atoms with E-state index in [1.165, 1.54) is 32.1 Å². The molecule has 1 N–H and O–H groups in total. The summed E-state index contributed by atoms with van der Waals surface area (Å²) in [6.45, 7) is 4.81. The Morgan fingerprint density at radius 2 is 1.92 bits per heavy atom. The van der Waals surface area contributed by atoms with Gasteiger partial charge in [-0.3, -0.25) is 0 Å². The first-order valence-corrected chi connectivity index (χ1v) is 5.29. The molecule has 13 heavy (non-hydrogen) atoms. The second-order valence-corrected chi connectivity index (χ2v) is 4.71. The molecule has 0 heterocycles. The Bertz CT molecular complexity index is 185. The lowest BCUT2D eigenvalue weighted by atomic mass is 9.92. The van der Waals surface area contributed by atoms with E-state index in [9.17, 15) is 0 Å². The van der Waals surface area contributed by atoms with Crippen LogP contribution in [0.5, 0.6) is 0 Å². The predicted octanol–water partition coefficient (Wildman–Crippen LogP) is 2.46. The SMILES string of the molecule is CC(C)(C#N)CNC1CCCCC1. The molecule has 0 amide bonds. The van der Waals surface area contributed by atoms with Gasteiger partial charge in [-0.1, -0.05) is 19.3 Å². The van der Waals surface area contributed by atoms with E-state index in [2.05, 4.69) is 11.4 Å². The maximum absolute atomic E-state index is 8.83. The summed E-state index contributed by atoms with van der Waals surface area (Å²) < 4.78 is 0. The topological polar surface area (TPSA) is 35.8 Å². The van der Waals surface area contributed by atoms with Crippen LogP contribution in [-0.2, 0) is 0 Å². The van der Waals surface area contributed by atoms with Crippen LogP contribution in [0.2, 0.25) is 0 Å². The maximum Gasteiger partial charge on any atom is 0.0697 e. The lowest BCUT2D eigenvalue weighted by Gasteiger charge is -2.26. The van der Waals surface area contributed by atoms with E-state index >= 15 is 0 Å². The highest BCUT2D eigenvalue weighted by Gasteiger charge is 2.19. The monoisotopic (exact) mass is 180 g/mol. The summed E-state index contributed by atoms with van der Waals surface area (Å²) in [6, 6.07) is 2.99. The van der Waals surface area contributed by atoms with Crippen molar-refractivity contribution in [1.29, 1.82) is 5.26 Å². The lowest BCUT2D eigenvalue weighted by molar-refractivity contribution is 0.333. The van der Waals surface area contributed by atoms with Gasteiger partial charge in [-0.25, -0.2) is 0 Å². The minimum absolute atomic E-state index is 0.211. The first kappa shape index (κ1) is 10.5. The average molecular weight is 180 g/mol. The molecule has 0 atom stereocenters. The molecule has 0 radical (unpaired) electrons. The zero-order valence-corrected chi connectivity index (χ0v) is 8.77. The molecule has 0 aliphatic heterocycles. The molecule has 0 aromatic heterocycles. The normalized spacial score (nSPS) is 19.8. The molecule has 2 heteroatoms. The third kappa shape index (κ3) is 3.78. The quantitative estimate of drug-likeness (QED) is 0.724. The average Bonchev–Trinajstić information content (AvgIpc) is 2.17. The molecule has 0 aromatic carbocycles. The zero-order valence-electron chi connectivity index (χ0n) is 8.77. The van der Waals surface area contributed by atoms with Gasteiger partial charge in [-0.15, -0.1) is 0 Å². The second kappa shape index (κ2) is 4.62. The Morgan fingerprint density at radius 1 is 1.31 bits per heavy atom. The molecule has 0 unspecified atom stereocenters. The van der Waals surface area contributed by atoms with Crippen LogP contribution < -0.4 is 5.32 Å². The summed E-state index contributed by atoms with van der Waals surface area (Å²) in [7, 11) is 0. The van der Waals surface area contributed by atoms with Gasteiger partial charge in [0.25, 0.3) is 0 Å². The highest BCUT2D eigenvalue weighted by molar-refractivity contribution is 4.94. The van der Waals surface area contributed by atoms with E-state index in [1.807, 2.05) is 13.8 Å². The first-order chi connectivity index (χ1) is 6.14. The number of hydrogen-bond acceptors (Lipinski definition) is 2. The fourth-order valence-corrected chi connectivity index (χ4v) is 1.75. The largest absolute Gasteiger partial charge is 0.312 e. The predicted molar refractivity (Wildman–Crippen MR) is 54.3 cm³/mol. The van der Waals surface area contributed by atoms with Crippen molar-refractivity contribution in [3.05, 3.63) is 0 Å². The highest BCUT2D eigenvalue weighted by Crippen LogP contribution is 2.19. The van der Waals surface area contributed by atoms with E-state index in [1.54, 1.807) is 0 Å². The summed E-state index contributed by atoms with van der Waals surface area (Å²) in [5, 5.41) is 12.3. The Labute approximate surface area is 81.3 Å². The van der Waals surface area contributed by atoms with Crippen molar-refractivity contribution in [2.45, 2.75) is 52.0 Å². The van der Waals surface area contributed by atoms with Crippen molar-refractivity contribution < 1.29 is 0 Å². The molecule has 0 aromatic rings. The fraction of sp³-hybridized carbons (Fsp3) is 0.909. The molecule has 1 fully saturated rings. The van der Waals surface area contributed by atoms with Gasteiger partial charge in [0.05, 0.1) is 11.5 Å². The molecule has 74 valence electrons. The summed E-state index contributed by atoms with van der Waals surface area (Å²) in [4.78, 5) is 0. The van der Waals surface area contributed by atoms with Crippen molar-refractivity contribution in [3.63, 3.8) is 0 Å². The molecule has 0 saturated heterocycles. The van der Waals surface area contributed by atoms with Crippen LogP contribution >= 0.6 is 0 Å². The van der Waals surface area contributed by atoms with Crippen LogP contribution in [-0.4, -0.2) is 12.6 Å². The fourth-order valence-electron chi connectivity index (χ4n) is 1.75. The molecule has 1 saturated carbocycles. The Hall–Kier alpha value is -0.550. The van der Waals surface area contributed by atoms with Gasteiger partial charge in [0.15, 0.2) is 0 Å². The molecule has 1 aliphatic rings. The van der Waals surface area contributed by atoms with Crippen LogP contribution in [0.4, 0.5) is 0 Å². The van der Waals surface area contributed by atoms with Crippen LogP contribution in [0.25, 0.3) is 0 Å². The standard InChI is InChI=1S/C11H20N2/c1-11(2,8-12)9-13-10-6-4-3-5-7-10/h10,13H,3-7,9H2,1-2H3. The second-order valence-electron chi connectivity index (χ2n) is 4.71. The van der Waals surface area contributed by atoms with Crippen molar-refractivity contribution in [3.8, 4) is 6.07 Å². The van der Waals surface area contributed by atoms with Crippen molar-refractivity contribution in [2.75, 3.05) is 6.54 Å². The number of hydrogen-bond donors (Lipinski definition) is 1. The van der Waals surface area contributed by atoms with Gasteiger partial charge in [0.1, 0.15) is 0 Å². The highest BCUT2D eigenvalue weighted by atomic mass is 14.9. The molecule has 2 nitrogen and oxygen atoms in total. The molecule has 1 aliphatic carbocycles. The number of nitrogens with one attached hydrogen (secondary N) is 1. The third-order valence-corrected chi connectivity index (χ3v) is 2.74. The van der Waals surface area contributed by atoms with Gasteiger partial charge in [0, 0.05) is 12.6 Å². The Kier molecular flexibility index (Phi) is 3.74. The Morgan fingerprint density at radius 3 is 2.46 bits per heavy atom. The smallest absolute Gasteiger partial charge is 0.0697 e. The van der Waals surface area contributed by atoms with E-state index in [0.29, 0.717) is 6.04 Å². The van der Waals surface area contributed by atoms with E-state index in [4.69, 9.17) is 5.26 Å². The minimum Gasteiger partial charge on any atom is -0.312 e. The van der Waals surface area contributed by atoms with Crippen molar-refractivity contribution in [2.24, 2.45) is 5.41 Å². The van der Waals surface area contributed by atoms with E-state index in [0.717, 1.165) is 6.54 Å². The van der Waals surface area contributed by atoms with Crippen LogP contribution in [0.3, 0.4) is 0 Å². The summed E-state index contributed by atoms with van der Waals surface area (Å²) in [5.41, 5.74) is -0.211. The van der Waals surface area contributed by atoms with Gasteiger partial charge in [-0.2, -0.15) is 5.26 Å². The van der Waals surface area contributed by atoms with Gasteiger partial charge in [0.2, 0.25) is 0 Å². The van der Waals surface area contributed by atoms with Crippen molar-refractivity contribution >= 4 is 0 Å². The van der Waals surface area contributed by atoms with Crippen molar-refractivity contribution in [1.82, 2.24) is 5.32 Å². The maximum atomic E-state index is 8.83. The molecular weight excluding hydrogens is 160 g/mol. The van der Waals surface area contributed by atoms with Crippen LogP contribution in [0.1, 0.15) is 46.0 Å². The van der Waals surface area contributed by atoms with E-state index in [-0.39, 0.29) is 5.41 Å². The number of nitrogens with zero attached hydrogens (tertiary/aromatic N) is 1. The summed E-state index contributed by atoms with van der Waals surface area (Å²) >= 11 is 0. The molecule has 0 spiro atoms. The minimum atomic E-state index is -0.211. The van der Waals surface area contributed by atoms with Gasteiger partial charge in [-0.05, 0) is 26.7 Å². The molecule has 0 bridgehead atoms. The van der Waals surface area contributed by atoms with E-state index < -0.39 is 0 Å². The molecule has 1 rings (SSSR count). The van der Waals surface area contributed by atoms with Gasteiger partial charge < -0.3 is 5.32 Å². The number of rotatable bonds is 3. The summed E-state index contributed by atoms with van der Waals surface area (Å²) in [5.74, 6) is 0. The lowest BCUT2D eigenvalue weighted by Crippen LogP contribution is -2.37. The Balaban J connectivity index is 2.22. The van der Waals surface area contributed by atoms with Crippen LogP contribution in [0, 0.1) is 16.7 Å². The van der Waals surface area contributed by atoms with Gasteiger partial charge >= 0.3 is 0 Å². The number of nitriles is 1. The summed E-state index contributed by atoms with van der Waals surface area (Å²) in [6.07, 6.45) is 6.68. The first-order valence-electron chi connectivity index (χ1n) is 5.29.